The first kappa shape index (κ1) is 27.4. The average molecular weight is 543 g/mol. The zero-order valence-electron chi connectivity index (χ0n) is 22.7. The number of alkyl carbamates (subject to hydrolysis) is 1. The lowest BCUT2D eigenvalue weighted by atomic mass is 9.75. The van der Waals surface area contributed by atoms with Gasteiger partial charge in [0.25, 0.3) is 0 Å². The Balaban J connectivity index is 1.31. The summed E-state index contributed by atoms with van der Waals surface area (Å²) < 4.78 is 11.7. The Morgan fingerprint density at radius 3 is 2.08 bits per heavy atom. The number of carbonyl (C=O) groups is 3. The molecule has 3 aromatic carbocycles. The predicted molar refractivity (Wildman–Crippen MR) is 150 cm³/mol. The van der Waals surface area contributed by atoms with E-state index < -0.39 is 35.7 Å². The van der Waals surface area contributed by atoms with E-state index in [-0.39, 0.29) is 19.1 Å². The molecule has 0 aromatic heterocycles. The summed E-state index contributed by atoms with van der Waals surface area (Å²) in [6.07, 6.45) is -0.0689. The van der Waals surface area contributed by atoms with E-state index in [9.17, 15) is 19.5 Å². The smallest absolute Gasteiger partial charge is 0.407 e. The van der Waals surface area contributed by atoms with E-state index in [0.717, 1.165) is 27.8 Å². The first-order valence-corrected chi connectivity index (χ1v) is 13.6. The third-order valence-corrected chi connectivity index (χ3v) is 8.26. The lowest BCUT2D eigenvalue weighted by Gasteiger charge is -2.46. The maximum absolute atomic E-state index is 13.7. The molecule has 208 valence electrons. The molecule has 0 aliphatic heterocycles. The molecule has 3 aromatic rings. The summed E-state index contributed by atoms with van der Waals surface area (Å²) >= 11 is 0. The molecule has 2 aliphatic rings. The average Bonchev–Trinajstić information content (AvgIpc) is 3.26. The van der Waals surface area contributed by atoms with Crippen molar-refractivity contribution in [2.75, 3.05) is 13.7 Å². The zero-order valence-corrected chi connectivity index (χ0v) is 22.7. The second-order valence-electron chi connectivity index (χ2n) is 10.5. The topological polar surface area (TPSA) is 105 Å². The Hall–Kier alpha value is -4.17. The SMILES string of the molecule is CC(OCc1ccccc1)C(NC(=O)OCC1c2ccccc2-c2ccccc21)C(=O)N(C)C1(C(=O)O)CCC1. The van der Waals surface area contributed by atoms with Crippen LogP contribution >= 0.6 is 0 Å². The molecule has 0 spiro atoms. The molecule has 40 heavy (non-hydrogen) atoms. The van der Waals surface area contributed by atoms with Gasteiger partial charge in [-0.1, -0.05) is 78.9 Å². The summed E-state index contributed by atoms with van der Waals surface area (Å²) in [5.74, 6) is -1.71. The van der Waals surface area contributed by atoms with Gasteiger partial charge in [0.15, 0.2) is 0 Å². The van der Waals surface area contributed by atoms with Crippen LogP contribution < -0.4 is 5.32 Å². The van der Waals surface area contributed by atoms with Crippen LogP contribution in [0.1, 0.15) is 48.8 Å². The summed E-state index contributed by atoms with van der Waals surface area (Å²) in [6, 6.07) is 24.4. The maximum atomic E-state index is 13.7. The van der Waals surface area contributed by atoms with Gasteiger partial charge in [0.1, 0.15) is 18.2 Å². The molecule has 0 bridgehead atoms. The first-order valence-electron chi connectivity index (χ1n) is 13.6. The van der Waals surface area contributed by atoms with Crippen molar-refractivity contribution in [3.63, 3.8) is 0 Å². The van der Waals surface area contributed by atoms with Gasteiger partial charge in [-0.25, -0.2) is 9.59 Å². The van der Waals surface area contributed by atoms with Gasteiger partial charge >= 0.3 is 12.1 Å². The van der Waals surface area contributed by atoms with Crippen LogP contribution in [0.2, 0.25) is 0 Å². The van der Waals surface area contributed by atoms with Gasteiger partial charge in [-0.15, -0.1) is 0 Å². The molecule has 1 saturated carbocycles. The number of rotatable bonds is 10. The number of amides is 2. The quantitative estimate of drug-likeness (QED) is 0.375. The minimum atomic E-state index is -1.28. The standard InChI is InChI=1S/C32H34N2O6/c1-21(39-19-22-11-4-3-5-12-22)28(29(35)34(2)32(30(36)37)17-10-18-32)33-31(38)40-20-27-25-15-8-6-13-23(25)24-14-7-9-16-26(24)27/h3-9,11-16,21,27-28H,10,17-20H2,1-2H3,(H,33,38)(H,36,37). The Kier molecular flexibility index (Phi) is 7.89. The first-order chi connectivity index (χ1) is 19.3. The van der Waals surface area contributed by atoms with Crippen LogP contribution in [0, 0.1) is 0 Å². The van der Waals surface area contributed by atoms with Gasteiger partial charge < -0.3 is 24.8 Å². The Morgan fingerprint density at radius 1 is 0.950 bits per heavy atom. The number of ether oxygens (including phenoxy) is 2. The van der Waals surface area contributed by atoms with Gasteiger partial charge in [0.2, 0.25) is 5.91 Å². The van der Waals surface area contributed by atoms with Crippen LogP contribution in [0.4, 0.5) is 4.79 Å². The fourth-order valence-electron chi connectivity index (χ4n) is 5.67. The molecule has 0 saturated heterocycles. The number of carbonyl (C=O) groups excluding carboxylic acids is 2. The highest BCUT2D eigenvalue weighted by Crippen LogP contribution is 2.44. The molecular formula is C32H34N2O6. The molecule has 0 radical (unpaired) electrons. The monoisotopic (exact) mass is 542 g/mol. The van der Waals surface area contributed by atoms with E-state index in [1.165, 1.54) is 11.9 Å². The summed E-state index contributed by atoms with van der Waals surface area (Å²) in [7, 11) is 1.48. The van der Waals surface area contributed by atoms with Crippen molar-refractivity contribution in [2.24, 2.45) is 0 Å². The molecule has 2 N–H and O–H groups in total. The highest BCUT2D eigenvalue weighted by molar-refractivity contribution is 5.92. The summed E-state index contributed by atoms with van der Waals surface area (Å²) in [5, 5.41) is 12.6. The second-order valence-corrected chi connectivity index (χ2v) is 10.5. The van der Waals surface area contributed by atoms with E-state index in [2.05, 4.69) is 17.4 Å². The minimum absolute atomic E-state index is 0.0922. The zero-order chi connectivity index (χ0) is 28.3. The van der Waals surface area contributed by atoms with Crippen molar-refractivity contribution in [2.45, 2.75) is 56.4 Å². The van der Waals surface area contributed by atoms with Crippen LogP contribution in [-0.2, 0) is 25.7 Å². The molecule has 0 heterocycles. The fraction of sp³-hybridized carbons (Fsp3) is 0.344. The van der Waals surface area contributed by atoms with Crippen molar-refractivity contribution in [1.82, 2.24) is 10.2 Å². The normalized spacial score (nSPS) is 16.6. The molecule has 2 aliphatic carbocycles. The number of fused-ring (bicyclic) bond motifs is 3. The number of nitrogens with zero attached hydrogens (tertiary/aromatic N) is 1. The van der Waals surface area contributed by atoms with Crippen molar-refractivity contribution < 1.29 is 29.0 Å². The van der Waals surface area contributed by atoms with Gasteiger partial charge in [0.05, 0.1) is 12.7 Å². The van der Waals surface area contributed by atoms with Gasteiger partial charge in [-0.3, -0.25) is 4.79 Å². The van der Waals surface area contributed by atoms with Crippen LogP contribution in [0.25, 0.3) is 11.1 Å². The Morgan fingerprint density at radius 2 is 1.52 bits per heavy atom. The van der Waals surface area contributed by atoms with Crippen LogP contribution in [0.5, 0.6) is 0 Å². The van der Waals surface area contributed by atoms with E-state index in [0.29, 0.717) is 19.3 Å². The molecule has 8 nitrogen and oxygen atoms in total. The van der Waals surface area contributed by atoms with E-state index in [1.54, 1.807) is 6.92 Å². The van der Waals surface area contributed by atoms with Crippen molar-refractivity contribution >= 4 is 18.0 Å². The fourth-order valence-corrected chi connectivity index (χ4v) is 5.67. The minimum Gasteiger partial charge on any atom is -0.479 e. The number of hydrogen-bond acceptors (Lipinski definition) is 5. The third kappa shape index (κ3) is 5.19. The lowest BCUT2D eigenvalue weighted by Crippen LogP contribution is -2.64. The van der Waals surface area contributed by atoms with Gasteiger partial charge in [-0.05, 0) is 54.0 Å². The van der Waals surface area contributed by atoms with Crippen LogP contribution in [0.3, 0.4) is 0 Å². The molecule has 2 atom stereocenters. The Bertz CT molecular complexity index is 1340. The highest BCUT2D eigenvalue weighted by atomic mass is 16.5. The molecule has 8 heteroatoms. The molecule has 1 fully saturated rings. The number of likely N-dealkylation sites (N-methyl/N-ethyl adjacent to an activating group) is 1. The number of hydrogen-bond donors (Lipinski definition) is 2. The second kappa shape index (κ2) is 11.5. The number of nitrogens with one attached hydrogen (secondary N) is 1. The summed E-state index contributed by atoms with van der Waals surface area (Å²) in [6.45, 7) is 2.01. The number of benzene rings is 3. The predicted octanol–water partition coefficient (Wildman–Crippen LogP) is 4.96. The van der Waals surface area contributed by atoms with Crippen LogP contribution in [0.15, 0.2) is 78.9 Å². The highest BCUT2D eigenvalue weighted by Gasteiger charge is 2.51. The largest absolute Gasteiger partial charge is 0.479 e. The number of carboxylic acids is 1. The van der Waals surface area contributed by atoms with E-state index >= 15 is 0 Å². The molecule has 2 amide bonds. The van der Waals surface area contributed by atoms with Crippen molar-refractivity contribution in [3.05, 3.63) is 95.6 Å². The van der Waals surface area contributed by atoms with E-state index in [4.69, 9.17) is 9.47 Å². The van der Waals surface area contributed by atoms with Gasteiger partial charge in [0, 0.05) is 13.0 Å². The summed E-state index contributed by atoms with van der Waals surface area (Å²) in [5.41, 5.74) is 4.02. The maximum Gasteiger partial charge on any atom is 0.407 e. The van der Waals surface area contributed by atoms with Crippen LogP contribution in [-0.4, -0.2) is 59.3 Å². The third-order valence-electron chi connectivity index (χ3n) is 8.26. The number of carboxylic acid groups (broad SMARTS) is 1. The van der Waals surface area contributed by atoms with Crippen molar-refractivity contribution in [1.29, 1.82) is 0 Å². The van der Waals surface area contributed by atoms with Crippen molar-refractivity contribution in [3.8, 4) is 11.1 Å². The summed E-state index contributed by atoms with van der Waals surface area (Å²) in [4.78, 5) is 40.1. The van der Waals surface area contributed by atoms with E-state index in [1.807, 2.05) is 66.7 Å². The lowest BCUT2D eigenvalue weighted by molar-refractivity contribution is -0.166. The molecule has 5 rings (SSSR count). The van der Waals surface area contributed by atoms with Gasteiger partial charge in [-0.2, -0.15) is 0 Å². The number of aliphatic carboxylic acids is 1. The Labute approximate surface area is 233 Å². The molecular weight excluding hydrogens is 508 g/mol. The molecule has 2 unspecified atom stereocenters.